The average Bonchev–Trinajstić information content (AvgIpc) is 1.80. The number of hydrogen-bond acceptors (Lipinski definition) is 4. The van der Waals surface area contributed by atoms with Crippen molar-refractivity contribution in [3.63, 3.8) is 0 Å². The maximum atomic E-state index is 11.6. The van der Waals surface area contributed by atoms with Crippen molar-refractivity contribution in [3.05, 3.63) is 0 Å². The summed E-state index contributed by atoms with van der Waals surface area (Å²) in [7, 11) is 0. The van der Waals surface area contributed by atoms with E-state index in [1.54, 1.807) is 0 Å². The van der Waals surface area contributed by atoms with Crippen LogP contribution in [0.1, 0.15) is 20.8 Å². The summed E-state index contributed by atoms with van der Waals surface area (Å²) in [6.07, 6.45) is 0. The molecule has 0 aromatic heterocycles. The molecule has 0 amide bonds. The maximum Gasteiger partial charge on any atom is 0.317 e. The molecule has 76 valence electrons. The van der Waals surface area contributed by atoms with E-state index in [-0.39, 0.29) is 12.6 Å². The topological polar surface area (TPSA) is 58.6 Å². The maximum absolute atomic E-state index is 11.6. The van der Waals surface area contributed by atoms with Crippen molar-refractivity contribution in [1.82, 2.24) is 5.32 Å². The Morgan fingerprint density at radius 2 is 2.08 bits per heavy atom. The van der Waals surface area contributed by atoms with Crippen molar-refractivity contribution in [3.8, 4) is 0 Å². The Labute approximate surface area is 78.3 Å². The summed E-state index contributed by atoms with van der Waals surface area (Å²) in [6.45, 7) is 6.35. The molecular formula is C9H17NO3. The minimum absolute atomic E-state index is 0.144. The van der Waals surface area contributed by atoms with Crippen molar-refractivity contribution < 1.29 is 14.6 Å². The third kappa shape index (κ3) is 2.19. The Bertz CT molecular complexity index is 198. The van der Waals surface area contributed by atoms with Gasteiger partial charge in [0.15, 0.2) is 0 Å². The molecule has 0 aliphatic carbocycles. The first-order valence-corrected chi connectivity index (χ1v) is 4.45. The normalized spacial score (nSPS) is 20.6. The molecule has 1 rings (SSSR count). The third-order valence-electron chi connectivity index (χ3n) is 2.06. The van der Waals surface area contributed by atoms with E-state index in [0.717, 1.165) is 0 Å². The number of rotatable bonds is 2. The van der Waals surface area contributed by atoms with Crippen molar-refractivity contribution >= 4 is 5.97 Å². The van der Waals surface area contributed by atoms with Crippen LogP contribution in [-0.4, -0.2) is 36.4 Å². The highest BCUT2D eigenvalue weighted by Gasteiger charge is 2.46. The fourth-order valence-corrected chi connectivity index (χ4v) is 1.13. The molecule has 4 nitrogen and oxygen atoms in total. The summed E-state index contributed by atoms with van der Waals surface area (Å²) in [5.41, 5.74) is -1.16. The number of aliphatic hydroxyl groups is 1. The molecule has 1 saturated heterocycles. The molecule has 1 heterocycles. The Morgan fingerprint density at radius 1 is 1.54 bits per heavy atom. The minimum Gasteiger partial charge on any atom is -0.459 e. The molecule has 2 N–H and O–H groups in total. The lowest BCUT2D eigenvalue weighted by atomic mass is 9.82. The van der Waals surface area contributed by atoms with E-state index in [1.807, 2.05) is 20.8 Å². The quantitative estimate of drug-likeness (QED) is 0.593. The molecule has 1 aliphatic heterocycles. The van der Waals surface area contributed by atoms with E-state index in [1.165, 1.54) is 0 Å². The first kappa shape index (κ1) is 10.5. The molecule has 1 fully saturated rings. The summed E-state index contributed by atoms with van der Waals surface area (Å²) in [4.78, 5) is 11.6. The molecule has 1 aliphatic rings. The van der Waals surface area contributed by atoms with Gasteiger partial charge in [-0.1, -0.05) is 0 Å². The van der Waals surface area contributed by atoms with Crippen LogP contribution in [0.5, 0.6) is 0 Å². The number of aliphatic hydroxyl groups excluding tert-OH is 1. The molecule has 0 spiro atoms. The highest BCUT2D eigenvalue weighted by atomic mass is 16.6. The monoisotopic (exact) mass is 187 g/mol. The number of carbonyl (C=O) groups is 1. The number of esters is 1. The molecule has 0 aromatic carbocycles. The van der Waals surface area contributed by atoms with E-state index in [0.29, 0.717) is 13.1 Å². The van der Waals surface area contributed by atoms with Gasteiger partial charge in [-0.3, -0.25) is 4.79 Å². The van der Waals surface area contributed by atoms with Crippen LogP contribution >= 0.6 is 0 Å². The zero-order valence-electron chi connectivity index (χ0n) is 8.39. The Hall–Kier alpha value is -0.610. The van der Waals surface area contributed by atoms with E-state index in [4.69, 9.17) is 9.84 Å². The predicted octanol–water partition coefficient (Wildman–Crippen LogP) is -0.0900. The van der Waals surface area contributed by atoms with Gasteiger partial charge in [0, 0.05) is 13.1 Å². The number of ether oxygens (including phenoxy) is 1. The number of hydrogen-bond donors (Lipinski definition) is 2. The Kier molecular flexibility index (Phi) is 2.63. The van der Waals surface area contributed by atoms with Crippen LogP contribution in [-0.2, 0) is 9.53 Å². The minimum atomic E-state index is -0.687. The molecule has 0 unspecified atom stereocenters. The van der Waals surface area contributed by atoms with Gasteiger partial charge >= 0.3 is 5.97 Å². The lowest BCUT2D eigenvalue weighted by molar-refractivity contribution is -0.174. The molecule has 0 bridgehead atoms. The second kappa shape index (κ2) is 3.27. The molecule has 0 atom stereocenters. The van der Waals surface area contributed by atoms with Crippen LogP contribution in [0.4, 0.5) is 0 Å². The molecule has 0 radical (unpaired) electrons. The van der Waals surface area contributed by atoms with Gasteiger partial charge in [-0.2, -0.15) is 0 Å². The Balaban J connectivity index is 2.56. The molecule has 4 heteroatoms. The van der Waals surface area contributed by atoms with E-state index < -0.39 is 11.0 Å². The second-order valence-corrected chi connectivity index (χ2v) is 4.54. The molecule has 0 aromatic rings. The third-order valence-corrected chi connectivity index (χ3v) is 2.06. The van der Waals surface area contributed by atoms with Crippen molar-refractivity contribution in [2.24, 2.45) is 5.41 Å². The smallest absolute Gasteiger partial charge is 0.317 e. The summed E-state index contributed by atoms with van der Waals surface area (Å²) in [5, 5.41) is 12.0. The van der Waals surface area contributed by atoms with Crippen molar-refractivity contribution in [2.75, 3.05) is 19.7 Å². The SMILES string of the molecule is CC(C)(C)OC(=O)C1(CO)CNC1. The standard InChI is InChI=1S/C9H17NO3/c1-8(2,3)13-7(12)9(6-11)4-10-5-9/h10-11H,4-6H2,1-3H3. The largest absolute Gasteiger partial charge is 0.459 e. The van der Waals surface area contributed by atoms with Crippen LogP contribution in [0.15, 0.2) is 0 Å². The molecule has 0 saturated carbocycles. The second-order valence-electron chi connectivity index (χ2n) is 4.54. The lowest BCUT2D eigenvalue weighted by Crippen LogP contribution is -2.61. The van der Waals surface area contributed by atoms with Crippen molar-refractivity contribution in [2.45, 2.75) is 26.4 Å². The van der Waals surface area contributed by atoms with Crippen LogP contribution < -0.4 is 5.32 Å². The number of carbonyl (C=O) groups excluding carboxylic acids is 1. The lowest BCUT2D eigenvalue weighted by Gasteiger charge is -2.40. The van der Waals surface area contributed by atoms with Gasteiger partial charge < -0.3 is 15.2 Å². The van der Waals surface area contributed by atoms with Gasteiger partial charge in [0.25, 0.3) is 0 Å². The highest BCUT2D eigenvalue weighted by Crippen LogP contribution is 2.25. The van der Waals surface area contributed by atoms with Crippen LogP contribution in [0.25, 0.3) is 0 Å². The molecular weight excluding hydrogens is 170 g/mol. The summed E-state index contributed by atoms with van der Waals surface area (Å²) in [5.74, 6) is -0.304. The van der Waals surface area contributed by atoms with E-state index in [9.17, 15) is 4.79 Å². The predicted molar refractivity (Wildman–Crippen MR) is 48.2 cm³/mol. The van der Waals surface area contributed by atoms with E-state index in [2.05, 4.69) is 5.32 Å². The fourth-order valence-electron chi connectivity index (χ4n) is 1.13. The van der Waals surface area contributed by atoms with Gasteiger partial charge in [-0.05, 0) is 20.8 Å². The summed E-state index contributed by atoms with van der Waals surface area (Å²) >= 11 is 0. The van der Waals surface area contributed by atoms with Gasteiger partial charge in [-0.25, -0.2) is 0 Å². The van der Waals surface area contributed by atoms with Crippen LogP contribution in [0, 0.1) is 5.41 Å². The van der Waals surface area contributed by atoms with Gasteiger partial charge in [0.2, 0.25) is 0 Å². The van der Waals surface area contributed by atoms with Gasteiger partial charge in [0.05, 0.1) is 6.61 Å². The fraction of sp³-hybridized carbons (Fsp3) is 0.889. The average molecular weight is 187 g/mol. The van der Waals surface area contributed by atoms with Gasteiger partial charge in [-0.15, -0.1) is 0 Å². The first-order chi connectivity index (χ1) is 5.90. The Morgan fingerprint density at radius 3 is 2.31 bits per heavy atom. The summed E-state index contributed by atoms with van der Waals surface area (Å²) < 4.78 is 5.20. The highest BCUT2D eigenvalue weighted by molar-refractivity contribution is 5.79. The van der Waals surface area contributed by atoms with Crippen molar-refractivity contribution in [1.29, 1.82) is 0 Å². The summed E-state index contributed by atoms with van der Waals surface area (Å²) in [6, 6.07) is 0. The molecule has 13 heavy (non-hydrogen) atoms. The van der Waals surface area contributed by atoms with Crippen LogP contribution in [0.3, 0.4) is 0 Å². The zero-order valence-corrected chi connectivity index (χ0v) is 8.39. The first-order valence-electron chi connectivity index (χ1n) is 4.45. The van der Waals surface area contributed by atoms with E-state index >= 15 is 0 Å². The van der Waals surface area contributed by atoms with Crippen LogP contribution in [0.2, 0.25) is 0 Å². The van der Waals surface area contributed by atoms with Gasteiger partial charge in [0.1, 0.15) is 11.0 Å². The zero-order chi connectivity index (χ0) is 10.1. The number of nitrogens with one attached hydrogen (secondary N) is 1.